The fourth-order valence-electron chi connectivity index (χ4n) is 5.62. The van der Waals surface area contributed by atoms with E-state index in [1.165, 1.54) is 12.8 Å². The first-order valence-corrected chi connectivity index (χ1v) is 16.0. The third kappa shape index (κ3) is 12.4. The smallest absolute Gasteiger partial charge is 0.219 e. The molecule has 216 valence electrons. The summed E-state index contributed by atoms with van der Waals surface area (Å²) in [4.78, 5) is 11.6. The lowest BCUT2D eigenvalue weighted by molar-refractivity contribution is -0.120. The van der Waals surface area contributed by atoms with E-state index in [4.69, 9.17) is 0 Å². The molecule has 0 radical (unpaired) electrons. The number of nitrogens with one attached hydrogen (secondary N) is 4. The average Bonchev–Trinajstić information content (AvgIpc) is 3.05. The Balaban J connectivity index is 2.57. The van der Waals surface area contributed by atoms with Crippen molar-refractivity contribution in [2.24, 2.45) is 40.9 Å². The fourth-order valence-corrected chi connectivity index (χ4v) is 6.16. The lowest BCUT2D eigenvalue weighted by Crippen LogP contribution is -2.48. The van der Waals surface area contributed by atoms with Crippen LogP contribution in [0.4, 0.5) is 0 Å². The summed E-state index contributed by atoms with van der Waals surface area (Å²) in [6.45, 7) is 24.7. The maximum Gasteiger partial charge on any atom is 0.219 e. The molecule has 0 bridgehead atoms. The molecular weight excluding hydrogens is 571 g/mol. The van der Waals surface area contributed by atoms with Crippen molar-refractivity contribution in [3.63, 3.8) is 0 Å². The molecule has 0 saturated heterocycles. The van der Waals surface area contributed by atoms with Crippen LogP contribution >= 0.6 is 22.6 Å². The van der Waals surface area contributed by atoms with Gasteiger partial charge in [-0.25, -0.2) is 5.43 Å². The third-order valence-electron chi connectivity index (χ3n) is 8.52. The van der Waals surface area contributed by atoms with Crippen LogP contribution in [0.3, 0.4) is 0 Å². The maximum absolute atomic E-state index is 11.6. The highest BCUT2D eigenvalue weighted by atomic mass is 127. The number of amides is 1. The van der Waals surface area contributed by atoms with Crippen LogP contribution in [0.25, 0.3) is 0 Å². The van der Waals surface area contributed by atoms with Gasteiger partial charge in [0.15, 0.2) is 0 Å². The molecule has 4 N–H and O–H groups in total. The van der Waals surface area contributed by atoms with Crippen LogP contribution in [-0.4, -0.2) is 36.0 Å². The van der Waals surface area contributed by atoms with Gasteiger partial charge < -0.3 is 16.1 Å². The summed E-state index contributed by atoms with van der Waals surface area (Å²) in [6.07, 6.45) is 11.3. The predicted octanol–water partition coefficient (Wildman–Crippen LogP) is 6.86. The highest BCUT2D eigenvalue weighted by Crippen LogP contribution is 2.40. The number of alkyl halides is 1. The van der Waals surface area contributed by atoms with Crippen LogP contribution in [0.5, 0.6) is 0 Å². The number of halogens is 1. The first-order chi connectivity index (χ1) is 17.3. The molecule has 5 nitrogen and oxygen atoms in total. The largest absolute Gasteiger partial charge is 0.359 e. The topological polar surface area (TPSA) is 65.2 Å². The standard InChI is InChI=1S/C31H59IN4O/c1-11-23(5)30(24(6)13-12-14-28(37)33-10)36-35-25(7)19-34-20-31(8,9)27-16-15-26(17-22(4)18-27)29(32)21(2)3/h15-16,21-24,26-27,29-30,34-36H,7,11-14,17-20H2,1-6,8-10H3,(H,33,37)/t22-,23+,24+,26?,27?,29?,30-/m1/s1. The molecule has 7 atom stereocenters. The maximum atomic E-state index is 11.6. The van der Waals surface area contributed by atoms with Crippen molar-refractivity contribution in [1.82, 2.24) is 21.5 Å². The Morgan fingerprint density at radius 3 is 2.41 bits per heavy atom. The van der Waals surface area contributed by atoms with Crippen molar-refractivity contribution in [2.45, 2.75) is 104 Å². The molecule has 0 aromatic carbocycles. The van der Waals surface area contributed by atoms with E-state index in [9.17, 15) is 4.79 Å². The van der Waals surface area contributed by atoms with E-state index in [2.05, 4.69) is 118 Å². The molecule has 0 spiro atoms. The minimum Gasteiger partial charge on any atom is -0.359 e. The van der Waals surface area contributed by atoms with Crippen molar-refractivity contribution in [2.75, 3.05) is 20.1 Å². The van der Waals surface area contributed by atoms with Gasteiger partial charge in [0.25, 0.3) is 0 Å². The highest BCUT2D eigenvalue weighted by Gasteiger charge is 2.33. The lowest BCUT2D eigenvalue weighted by atomic mass is 9.74. The Morgan fingerprint density at radius 2 is 1.81 bits per heavy atom. The van der Waals surface area contributed by atoms with Gasteiger partial charge in [0.1, 0.15) is 0 Å². The molecule has 1 amide bonds. The number of hydrazine groups is 1. The minimum absolute atomic E-state index is 0.124. The number of carbonyl (C=O) groups is 1. The van der Waals surface area contributed by atoms with Gasteiger partial charge in [0.2, 0.25) is 5.91 Å². The van der Waals surface area contributed by atoms with E-state index in [0.29, 0.717) is 46.0 Å². The molecule has 0 heterocycles. The van der Waals surface area contributed by atoms with Crippen molar-refractivity contribution in [1.29, 1.82) is 0 Å². The van der Waals surface area contributed by atoms with E-state index in [-0.39, 0.29) is 11.3 Å². The molecule has 3 unspecified atom stereocenters. The highest BCUT2D eigenvalue weighted by molar-refractivity contribution is 14.1. The fraction of sp³-hybridized carbons (Fsp3) is 0.839. The summed E-state index contributed by atoms with van der Waals surface area (Å²) in [5.74, 6) is 3.86. The second-order valence-electron chi connectivity index (χ2n) is 12.8. The van der Waals surface area contributed by atoms with E-state index < -0.39 is 0 Å². The molecule has 6 heteroatoms. The van der Waals surface area contributed by atoms with Gasteiger partial charge in [-0.15, -0.1) is 0 Å². The van der Waals surface area contributed by atoms with Crippen molar-refractivity contribution < 1.29 is 4.79 Å². The molecule has 0 aromatic rings. The molecular formula is C31H59IN4O. The Kier molecular flexibility index (Phi) is 16.0. The van der Waals surface area contributed by atoms with Gasteiger partial charge in [-0.05, 0) is 66.6 Å². The zero-order valence-electron chi connectivity index (χ0n) is 25.4. The lowest BCUT2D eigenvalue weighted by Gasteiger charge is -2.34. The van der Waals surface area contributed by atoms with Crippen LogP contribution < -0.4 is 21.5 Å². The zero-order chi connectivity index (χ0) is 28.2. The third-order valence-corrected chi connectivity index (χ3v) is 10.9. The predicted molar refractivity (Wildman–Crippen MR) is 170 cm³/mol. The SMILES string of the molecule is C=C(CNCC(C)(C)C1C=CC(C(I)C(C)C)C[C@@H](C)C1)NN[C@H]([C@@H](C)CC)[C@@H](C)CCCC(=O)NC. The number of allylic oxidation sites excluding steroid dienone is 2. The normalized spacial score (nSPS) is 23.7. The summed E-state index contributed by atoms with van der Waals surface area (Å²) in [7, 11) is 1.71. The summed E-state index contributed by atoms with van der Waals surface area (Å²) in [6, 6.07) is 0.334. The number of rotatable bonds is 17. The van der Waals surface area contributed by atoms with Crippen LogP contribution in [-0.2, 0) is 4.79 Å². The summed E-state index contributed by atoms with van der Waals surface area (Å²) >= 11 is 2.67. The van der Waals surface area contributed by atoms with E-state index >= 15 is 0 Å². The Bertz CT molecular complexity index is 707. The van der Waals surface area contributed by atoms with Crippen LogP contribution in [0.15, 0.2) is 24.4 Å². The Morgan fingerprint density at radius 1 is 1.14 bits per heavy atom. The van der Waals surface area contributed by atoms with Crippen LogP contribution in [0, 0.1) is 40.9 Å². The first-order valence-electron chi connectivity index (χ1n) is 14.7. The van der Waals surface area contributed by atoms with E-state index in [1.807, 2.05) is 0 Å². The Labute approximate surface area is 243 Å². The first kappa shape index (κ1) is 34.4. The average molecular weight is 631 g/mol. The second kappa shape index (κ2) is 17.2. The molecule has 0 aromatic heterocycles. The van der Waals surface area contributed by atoms with E-state index in [1.54, 1.807) is 7.05 Å². The number of hydrogen-bond acceptors (Lipinski definition) is 4. The summed E-state index contributed by atoms with van der Waals surface area (Å²) < 4.78 is 0.705. The molecule has 1 rings (SSSR count). The molecule has 0 saturated carbocycles. The Hall–Kier alpha value is -0.600. The monoisotopic (exact) mass is 630 g/mol. The zero-order valence-corrected chi connectivity index (χ0v) is 27.6. The number of carbonyl (C=O) groups excluding carboxylic acids is 1. The van der Waals surface area contributed by atoms with Crippen molar-refractivity contribution in [3.8, 4) is 0 Å². The second-order valence-corrected chi connectivity index (χ2v) is 14.3. The van der Waals surface area contributed by atoms with Crippen molar-refractivity contribution in [3.05, 3.63) is 24.4 Å². The summed E-state index contributed by atoms with van der Waals surface area (Å²) in [5.41, 5.74) is 8.12. The molecule has 1 aliphatic carbocycles. The molecule has 1 aliphatic rings. The van der Waals surface area contributed by atoms with Crippen LogP contribution in [0.2, 0.25) is 0 Å². The van der Waals surface area contributed by atoms with Gasteiger partial charge in [0, 0.05) is 42.2 Å². The molecule has 37 heavy (non-hydrogen) atoms. The molecule has 0 fully saturated rings. The molecule has 0 aliphatic heterocycles. The summed E-state index contributed by atoms with van der Waals surface area (Å²) in [5, 5.41) is 6.40. The van der Waals surface area contributed by atoms with Crippen molar-refractivity contribution >= 4 is 28.5 Å². The van der Waals surface area contributed by atoms with Gasteiger partial charge in [-0.1, -0.05) is 103 Å². The quantitative estimate of drug-likeness (QED) is 0.0614. The van der Waals surface area contributed by atoms with E-state index in [0.717, 1.165) is 44.0 Å². The van der Waals surface area contributed by atoms with Crippen LogP contribution in [0.1, 0.15) is 93.9 Å². The van der Waals surface area contributed by atoms with Gasteiger partial charge >= 0.3 is 0 Å². The minimum atomic E-state index is 0.124. The number of hydrogen-bond donors (Lipinski definition) is 4. The van der Waals surface area contributed by atoms with Gasteiger partial charge in [-0.3, -0.25) is 4.79 Å². The van der Waals surface area contributed by atoms with Gasteiger partial charge in [0.05, 0.1) is 0 Å². The van der Waals surface area contributed by atoms with Gasteiger partial charge in [-0.2, -0.15) is 0 Å².